The van der Waals surface area contributed by atoms with Crippen molar-refractivity contribution in [2.45, 2.75) is 43.1 Å². The molecule has 3 aromatic rings. The molecule has 1 unspecified atom stereocenters. The van der Waals surface area contributed by atoms with Crippen LogP contribution in [-0.4, -0.2) is 38.7 Å². The zero-order chi connectivity index (χ0) is 21.1. The molecule has 1 aliphatic carbocycles. The monoisotopic (exact) mass is 424 g/mol. The van der Waals surface area contributed by atoms with E-state index in [0.29, 0.717) is 29.6 Å². The third kappa shape index (κ3) is 4.12. The van der Waals surface area contributed by atoms with Crippen molar-refractivity contribution >= 4 is 17.7 Å². The van der Waals surface area contributed by atoms with Crippen LogP contribution in [0, 0.1) is 5.82 Å². The van der Waals surface area contributed by atoms with E-state index in [4.69, 9.17) is 0 Å². The topological polar surface area (TPSA) is 51.0 Å². The molecule has 0 bridgehead atoms. The lowest BCUT2D eigenvalue weighted by atomic mass is 10.1. The molecule has 2 aromatic carbocycles. The summed E-state index contributed by atoms with van der Waals surface area (Å²) >= 11 is 1.40. The van der Waals surface area contributed by atoms with Gasteiger partial charge in [-0.2, -0.15) is 0 Å². The molecule has 0 radical (unpaired) electrons. The number of aromatic nitrogens is 3. The minimum Gasteiger partial charge on any atom is -0.342 e. The predicted octanol–water partition coefficient (Wildman–Crippen LogP) is 5.12. The van der Waals surface area contributed by atoms with Gasteiger partial charge in [0, 0.05) is 19.1 Å². The minimum atomic E-state index is -0.429. The summed E-state index contributed by atoms with van der Waals surface area (Å²) in [6, 6.07) is 16.6. The Kier molecular flexibility index (Phi) is 6.18. The summed E-state index contributed by atoms with van der Waals surface area (Å²) < 4.78 is 16.5. The molecular weight excluding hydrogens is 399 g/mol. The lowest BCUT2D eigenvalue weighted by molar-refractivity contribution is -0.130. The average Bonchev–Trinajstić information content (AvgIpc) is 3.53. The maximum Gasteiger partial charge on any atom is 0.240 e. The Morgan fingerprint density at radius 1 is 1.10 bits per heavy atom. The number of nitrogens with zero attached hydrogens (tertiary/aromatic N) is 4. The van der Waals surface area contributed by atoms with Crippen LogP contribution < -0.4 is 0 Å². The molecule has 1 atom stereocenters. The molecule has 1 saturated carbocycles. The van der Waals surface area contributed by atoms with Crippen molar-refractivity contribution in [1.29, 1.82) is 0 Å². The fraction of sp³-hybridized carbons (Fsp3) is 0.348. The quantitative estimate of drug-likeness (QED) is 0.471. The zero-order valence-corrected chi connectivity index (χ0v) is 18.0. The molecule has 30 heavy (non-hydrogen) atoms. The van der Waals surface area contributed by atoms with Gasteiger partial charge >= 0.3 is 0 Å². The van der Waals surface area contributed by atoms with Gasteiger partial charge in [0.05, 0.1) is 5.56 Å². The molecule has 0 aliphatic heterocycles. The third-order valence-electron chi connectivity index (χ3n) is 5.32. The number of hydrogen-bond acceptors (Lipinski definition) is 4. The van der Waals surface area contributed by atoms with E-state index in [1.165, 1.54) is 17.8 Å². The van der Waals surface area contributed by atoms with Gasteiger partial charge in [-0.05, 0) is 44.4 Å². The number of likely N-dealkylation sites (N-methyl/N-ethyl adjacent to an activating group) is 1. The molecule has 1 fully saturated rings. The number of amides is 1. The van der Waals surface area contributed by atoms with Crippen LogP contribution in [0.3, 0.4) is 0 Å². The van der Waals surface area contributed by atoms with Crippen LogP contribution in [0.2, 0.25) is 0 Å². The van der Waals surface area contributed by atoms with Gasteiger partial charge in [0.2, 0.25) is 5.91 Å². The van der Waals surface area contributed by atoms with Crippen molar-refractivity contribution in [2.24, 2.45) is 0 Å². The molecule has 1 aromatic heterocycles. The number of hydrogen-bond donors (Lipinski definition) is 0. The Morgan fingerprint density at radius 3 is 2.40 bits per heavy atom. The summed E-state index contributed by atoms with van der Waals surface area (Å²) in [4.78, 5) is 15.2. The number of thioether (sulfide) groups is 1. The number of rotatable bonds is 8. The lowest BCUT2D eigenvalue weighted by Gasteiger charge is -2.25. The van der Waals surface area contributed by atoms with Gasteiger partial charge in [0.15, 0.2) is 11.0 Å². The Balaban J connectivity index is 1.73. The van der Waals surface area contributed by atoms with E-state index >= 15 is 0 Å². The average molecular weight is 425 g/mol. The van der Waals surface area contributed by atoms with Gasteiger partial charge in [-0.3, -0.25) is 9.36 Å². The highest BCUT2D eigenvalue weighted by Gasteiger charge is 2.34. The normalized spacial score (nSPS) is 14.5. The molecule has 1 amide bonds. The molecule has 7 heteroatoms. The molecule has 0 spiro atoms. The molecule has 1 heterocycles. The van der Waals surface area contributed by atoms with Crippen molar-refractivity contribution in [2.75, 3.05) is 13.1 Å². The fourth-order valence-corrected chi connectivity index (χ4v) is 4.73. The van der Waals surface area contributed by atoms with Gasteiger partial charge in [0.25, 0.3) is 0 Å². The van der Waals surface area contributed by atoms with Crippen LogP contribution in [0.25, 0.3) is 11.4 Å². The Hall–Kier alpha value is -2.67. The van der Waals surface area contributed by atoms with Crippen molar-refractivity contribution in [1.82, 2.24) is 19.7 Å². The van der Waals surface area contributed by atoms with E-state index in [1.807, 2.05) is 53.6 Å². The third-order valence-corrected chi connectivity index (χ3v) is 6.51. The van der Waals surface area contributed by atoms with E-state index in [-0.39, 0.29) is 17.8 Å². The highest BCUT2D eigenvalue weighted by Crippen LogP contribution is 2.44. The molecule has 1 aliphatic rings. The number of carbonyl (C=O) groups excluding carboxylic acids is 1. The standard InChI is InChI=1S/C23H25FN4OS/c1-3-27(4-2)22(29)20(16-10-6-5-7-11-16)30-23-26-25-21(28(23)17-14-15-17)18-12-8-9-13-19(18)24/h5-13,17,20H,3-4,14-15H2,1-2H3. The first-order valence-corrected chi connectivity index (χ1v) is 11.2. The Bertz CT molecular complexity index is 1020. The van der Waals surface area contributed by atoms with Crippen LogP contribution in [0.1, 0.15) is 43.5 Å². The smallest absolute Gasteiger partial charge is 0.240 e. The first-order chi connectivity index (χ1) is 14.6. The van der Waals surface area contributed by atoms with Crippen LogP contribution in [-0.2, 0) is 4.79 Å². The predicted molar refractivity (Wildman–Crippen MR) is 117 cm³/mol. The summed E-state index contributed by atoms with van der Waals surface area (Å²) in [5.74, 6) is 0.261. The summed E-state index contributed by atoms with van der Waals surface area (Å²) in [7, 11) is 0. The highest BCUT2D eigenvalue weighted by atomic mass is 32.2. The van der Waals surface area contributed by atoms with Crippen LogP contribution in [0.15, 0.2) is 59.8 Å². The number of benzene rings is 2. The second-order valence-corrected chi connectivity index (χ2v) is 8.38. The first kappa shape index (κ1) is 20.6. The van der Waals surface area contributed by atoms with E-state index < -0.39 is 5.25 Å². The van der Waals surface area contributed by atoms with E-state index in [1.54, 1.807) is 18.2 Å². The van der Waals surface area contributed by atoms with E-state index in [2.05, 4.69) is 10.2 Å². The van der Waals surface area contributed by atoms with Crippen LogP contribution in [0.4, 0.5) is 4.39 Å². The molecule has 0 saturated heterocycles. The Labute approximate surface area is 180 Å². The van der Waals surface area contributed by atoms with E-state index in [0.717, 1.165) is 18.4 Å². The van der Waals surface area contributed by atoms with Crippen LogP contribution in [0.5, 0.6) is 0 Å². The van der Waals surface area contributed by atoms with Gasteiger partial charge in [-0.15, -0.1) is 10.2 Å². The SMILES string of the molecule is CCN(CC)C(=O)C(Sc1nnc(-c2ccccc2F)n1C1CC1)c1ccccc1. The minimum absolute atomic E-state index is 0.0500. The summed E-state index contributed by atoms with van der Waals surface area (Å²) in [6.45, 7) is 5.26. The highest BCUT2D eigenvalue weighted by molar-refractivity contribution is 8.00. The summed E-state index contributed by atoms with van der Waals surface area (Å²) in [5, 5.41) is 8.95. The molecule has 0 N–H and O–H groups in total. The molecule has 4 rings (SSSR count). The number of halogens is 1. The lowest BCUT2D eigenvalue weighted by Crippen LogP contribution is -2.34. The largest absolute Gasteiger partial charge is 0.342 e. The second-order valence-electron chi connectivity index (χ2n) is 7.31. The van der Waals surface area contributed by atoms with Crippen molar-refractivity contribution < 1.29 is 9.18 Å². The Morgan fingerprint density at radius 2 is 1.77 bits per heavy atom. The fourth-order valence-electron chi connectivity index (χ4n) is 3.54. The van der Waals surface area contributed by atoms with Crippen molar-refractivity contribution in [3.8, 4) is 11.4 Å². The summed E-state index contributed by atoms with van der Waals surface area (Å²) in [5.41, 5.74) is 1.37. The van der Waals surface area contributed by atoms with Gasteiger partial charge in [-0.1, -0.05) is 54.2 Å². The first-order valence-electron chi connectivity index (χ1n) is 10.3. The van der Waals surface area contributed by atoms with Gasteiger partial charge in [-0.25, -0.2) is 4.39 Å². The summed E-state index contributed by atoms with van der Waals surface area (Å²) in [6.07, 6.45) is 2.01. The second kappa shape index (κ2) is 9.00. The zero-order valence-electron chi connectivity index (χ0n) is 17.2. The maximum atomic E-state index is 14.5. The molecule has 156 valence electrons. The van der Waals surface area contributed by atoms with Crippen molar-refractivity contribution in [3.05, 3.63) is 66.0 Å². The van der Waals surface area contributed by atoms with Gasteiger partial charge in [0.1, 0.15) is 11.1 Å². The number of carbonyl (C=O) groups is 1. The maximum absolute atomic E-state index is 14.5. The van der Waals surface area contributed by atoms with Crippen LogP contribution >= 0.6 is 11.8 Å². The van der Waals surface area contributed by atoms with Crippen molar-refractivity contribution in [3.63, 3.8) is 0 Å². The molecular formula is C23H25FN4OS. The molecule has 5 nitrogen and oxygen atoms in total. The van der Waals surface area contributed by atoms with E-state index in [9.17, 15) is 9.18 Å². The van der Waals surface area contributed by atoms with Gasteiger partial charge < -0.3 is 4.90 Å².